The number of nitrogens with one attached hydrogen (secondary N) is 1. The number of sulfonamides is 1. The molecule has 2 aliphatic rings. The summed E-state index contributed by atoms with van der Waals surface area (Å²) in [6, 6.07) is 15.2. The summed E-state index contributed by atoms with van der Waals surface area (Å²) in [6.07, 6.45) is 1.65. The number of carbonyl (C=O) groups is 1. The third kappa shape index (κ3) is 5.02. The van der Waals surface area contributed by atoms with Crippen LogP contribution in [0.5, 0.6) is 5.75 Å². The van der Waals surface area contributed by atoms with Crippen molar-refractivity contribution in [3.63, 3.8) is 0 Å². The quantitative estimate of drug-likeness (QED) is 0.711. The van der Waals surface area contributed by atoms with Crippen molar-refractivity contribution >= 4 is 21.6 Å². The van der Waals surface area contributed by atoms with Crippen LogP contribution < -0.4 is 14.4 Å². The number of likely N-dealkylation sites (tertiary alicyclic amines) is 1. The van der Waals surface area contributed by atoms with Crippen LogP contribution in [0.25, 0.3) is 0 Å². The van der Waals surface area contributed by atoms with Crippen LogP contribution in [-0.2, 0) is 27.9 Å². The van der Waals surface area contributed by atoms with Gasteiger partial charge < -0.3 is 10.1 Å². The van der Waals surface area contributed by atoms with Gasteiger partial charge in [0.15, 0.2) is 6.10 Å². The normalized spacial score (nSPS) is 19.0. The van der Waals surface area contributed by atoms with Crippen molar-refractivity contribution < 1.29 is 17.9 Å². The van der Waals surface area contributed by atoms with E-state index in [1.165, 1.54) is 22.7 Å². The Bertz CT molecular complexity index is 1020. The number of carbonyl (C=O) groups excluding carboxylic acids is 1. The zero-order valence-corrected chi connectivity index (χ0v) is 18.6. The van der Waals surface area contributed by atoms with Crippen LogP contribution in [0.15, 0.2) is 48.5 Å². The molecular formula is C23H29N3O4S. The minimum absolute atomic E-state index is 0.0339. The topological polar surface area (TPSA) is 79.0 Å². The van der Waals surface area contributed by atoms with Gasteiger partial charge in [0.2, 0.25) is 10.0 Å². The van der Waals surface area contributed by atoms with Gasteiger partial charge in [-0.2, -0.15) is 0 Å². The summed E-state index contributed by atoms with van der Waals surface area (Å²) in [5.74, 6) is 0.0311. The van der Waals surface area contributed by atoms with E-state index in [1.807, 2.05) is 12.1 Å². The highest BCUT2D eigenvalue weighted by atomic mass is 32.2. The van der Waals surface area contributed by atoms with E-state index < -0.39 is 16.1 Å². The van der Waals surface area contributed by atoms with Gasteiger partial charge in [0.1, 0.15) is 5.75 Å². The molecule has 0 spiro atoms. The molecule has 4 rings (SSSR count). The second-order valence-corrected chi connectivity index (χ2v) is 10.2. The third-order valence-corrected chi connectivity index (χ3v) is 7.57. The monoisotopic (exact) mass is 443 g/mol. The number of amides is 1. The van der Waals surface area contributed by atoms with Gasteiger partial charge in [-0.3, -0.25) is 14.0 Å². The Labute approximate surface area is 184 Å². The van der Waals surface area contributed by atoms with Gasteiger partial charge in [0.05, 0.1) is 18.0 Å². The molecule has 0 bridgehead atoms. The average molecular weight is 444 g/mol. The van der Waals surface area contributed by atoms with Crippen molar-refractivity contribution in [2.45, 2.75) is 39.0 Å². The Kier molecular flexibility index (Phi) is 6.48. The smallest absolute Gasteiger partial charge is 0.263 e. The van der Waals surface area contributed by atoms with Crippen molar-refractivity contribution in [1.82, 2.24) is 10.2 Å². The highest BCUT2D eigenvalue weighted by Crippen LogP contribution is 2.35. The average Bonchev–Trinajstić information content (AvgIpc) is 3.30. The van der Waals surface area contributed by atoms with E-state index >= 15 is 0 Å². The van der Waals surface area contributed by atoms with Crippen LogP contribution in [0.1, 0.15) is 30.9 Å². The van der Waals surface area contributed by atoms with Crippen LogP contribution in [0.3, 0.4) is 0 Å². The lowest BCUT2D eigenvalue weighted by molar-refractivity contribution is -0.127. The Balaban J connectivity index is 1.38. The highest BCUT2D eigenvalue weighted by molar-refractivity contribution is 7.92. The summed E-state index contributed by atoms with van der Waals surface area (Å²) < 4.78 is 32.2. The van der Waals surface area contributed by atoms with E-state index in [0.29, 0.717) is 18.0 Å². The molecule has 2 aliphatic heterocycles. The third-order valence-electron chi connectivity index (χ3n) is 5.82. The fraction of sp³-hybridized carbons (Fsp3) is 0.435. The number of rotatable bonds is 7. The number of hydrogen-bond donors (Lipinski definition) is 1. The number of nitrogens with zero attached hydrogens (tertiary/aromatic N) is 2. The van der Waals surface area contributed by atoms with Crippen molar-refractivity contribution in [3.8, 4) is 5.75 Å². The summed E-state index contributed by atoms with van der Waals surface area (Å²) in [5, 5.41) is 2.89. The summed E-state index contributed by atoms with van der Waals surface area (Å²) in [6.45, 7) is 5.21. The second-order valence-electron chi connectivity index (χ2n) is 8.02. The summed E-state index contributed by atoms with van der Waals surface area (Å²) in [5.41, 5.74) is 2.74. The molecule has 2 heterocycles. The molecule has 1 amide bonds. The maximum atomic E-state index is 12.8. The molecule has 1 atom stereocenters. The summed E-state index contributed by atoms with van der Waals surface area (Å²) in [4.78, 5) is 15.2. The molecule has 1 saturated heterocycles. The SMILES string of the molecule is CCS(=O)(=O)N1C[C@H](C(=O)NCc2ccc(CN3CCCC3)cc2)Oc2ccccc21. The van der Waals surface area contributed by atoms with Crippen LogP contribution in [-0.4, -0.2) is 50.7 Å². The standard InChI is InChI=1S/C23H29N3O4S/c1-2-31(28,29)26-17-22(30-21-8-4-3-7-20(21)26)23(27)24-15-18-9-11-19(12-10-18)16-25-13-5-6-14-25/h3-4,7-12,22H,2,5-6,13-17H2,1H3,(H,24,27)/t22-/m1/s1. The predicted octanol–water partition coefficient (Wildman–Crippen LogP) is 2.52. The molecule has 8 heteroatoms. The molecule has 0 aromatic heterocycles. The molecule has 166 valence electrons. The first-order valence-corrected chi connectivity index (χ1v) is 12.4. The lowest BCUT2D eigenvalue weighted by Crippen LogP contribution is -2.50. The molecule has 7 nitrogen and oxygen atoms in total. The van der Waals surface area contributed by atoms with Crippen LogP contribution in [0.4, 0.5) is 5.69 Å². The van der Waals surface area contributed by atoms with E-state index in [0.717, 1.165) is 25.2 Å². The Morgan fingerprint density at radius 1 is 1.06 bits per heavy atom. The largest absolute Gasteiger partial charge is 0.476 e. The molecule has 0 saturated carbocycles. The number of benzene rings is 2. The van der Waals surface area contributed by atoms with Crippen molar-refractivity contribution in [1.29, 1.82) is 0 Å². The maximum absolute atomic E-state index is 12.8. The fourth-order valence-electron chi connectivity index (χ4n) is 4.02. The Hall–Kier alpha value is -2.58. The van der Waals surface area contributed by atoms with E-state index in [-0.39, 0.29) is 18.2 Å². The molecule has 2 aromatic rings. The molecule has 0 radical (unpaired) electrons. The van der Waals surface area contributed by atoms with E-state index in [2.05, 4.69) is 22.3 Å². The van der Waals surface area contributed by atoms with Gasteiger partial charge in [0.25, 0.3) is 5.91 Å². The Morgan fingerprint density at radius 3 is 2.45 bits per heavy atom. The number of anilines is 1. The minimum atomic E-state index is -3.51. The second kappa shape index (κ2) is 9.28. The highest BCUT2D eigenvalue weighted by Gasteiger charge is 2.35. The van der Waals surface area contributed by atoms with Gasteiger partial charge in [0, 0.05) is 13.1 Å². The summed E-state index contributed by atoms with van der Waals surface area (Å²) >= 11 is 0. The van der Waals surface area contributed by atoms with Gasteiger partial charge in [-0.05, 0) is 56.1 Å². The molecule has 0 unspecified atom stereocenters. The lowest BCUT2D eigenvalue weighted by atomic mass is 10.1. The van der Waals surface area contributed by atoms with Crippen LogP contribution in [0.2, 0.25) is 0 Å². The van der Waals surface area contributed by atoms with Gasteiger partial charge in [-0.25, -0.2) is 8.42 Å². The molecule has 2 aromatic carbocycles. The van der Waals surface area contributed by atoms with Crippen LogP contribution >= 0.6 is 0 Å². The number of para-hydroxylation sites is 2. The maximum Gasteiger partial charge on any atom is 0.263 e. The first-order chi connectivity index (χ1) is 15.0. The van der Waals surface area contributed by atoms with Gasteiger partial charge >= 0.3 is 0 Å². The van der Waals surface area contributed by atoms with E-state index in [9.17, 15) is 13.2 Å². The van der Waals surface area contributed by atoms with Crippen molar-refractivity contribution in [2.75, 3.05) is 29.7 Å². The van der Waals surface area contributed by atoms with Gasteiger partial charge in [-0.1, -0.05) is 36.4 Å². The lowest BCUT2D eigenvalue weighted by Gasteiger charge is -2.34. The first-order valence-electron chi connectivity index (χ1n) is 10.8. The van der Waals surface area contributed by atoms with E-state index in [4.69, 9.17) is 4.74 Å². The van der Waals surface area contributed by atoms with Crippen molar-refractivity contribution in [2.24, 2.45) is 0 Å². The molecule has 0 aliphatic carbocycles. The summed E-state index contributed by atoms with van der Waals surface area (Å²) in [7, 11) is -3.51. The van der Waals surface area contributed by atoms with E-state index in [1.54, 1.807) is 31.2 Å². The fourth-order valence-corrected chi connectivity index (χ4v) is 5.15. The number of ether oxygens (including phenoxy) is 1. The molecular weight excluding hydrogens is 414 g/mol. The molecule has 1 N–H and O–H groups in total. The minimum Gasteiger partial charge on any atom is -0.476 e. The van der Waals surface area contributed by atoms with Crippen LogP contribution in [0, 0.1) is 0 Å². The Morgan fingerprint density at radius 2 is 1.74 bits per heavy atom. The first kappa shape index (κ1) is 21.6. The predicted molar refractivity (Wildman–Crippen MR) is 120 cm³/mol. The zero-order chi connectivity index (χ0) is 21.8. The zero-order valence-electron chi connectivity index (χ0n) is 17.8. The molecule has 31 heavy (non-hydrogen) atoms. The van der Waals surface area contributed by atoms with Crippen molar-refractivity contribution in [3.05, 3.63) is 59.7 Å². The number of hydrogen-bond acceptors (Lipinski definition) is 5. The number of fused-ring (bicyclic) bond motifs is 1. The molecule has 1 fully saturated rings. The van der Waals surface area contributed by atoms with Gasteiger partial charge in [-0.15, -0.1) is 0 Å².